The fourth-order valence-corrected chi connectivity index (χ4v) is 5.17. The highest BCUT2D eigenvalue weighted by molar-refractivity contribution is 5.27. The Hall–Kier alpha value is -1.19. The Morgan fingerprint density at radius 3 is 1.77 bits per heavy atom. The highest BCUT2D eigenvalue weighted by Gasteiger charge is 2.32. The van der Waals surface area contributed by atoms with Gasteiger partial charge in [0.2, 0.25) is 0 Å². The van der Waals surface area contributed by atoms with Crippen molar-refractivity contribution in [3.05, 3.63) is 29.8 Å². The molecule has 0 saturated heterocycles. The Morgan fingerprint density at radius 1 is 0.808 bits per heavy atom. The van der Waals surface area contributed by atoms with Crippen LogP contribution in [-0.2, 0) is 6.42 Å². The molecule has 26 heavy (non-hydrogen) atoms. The van der Waals surface area contributed by atoms with E-state index in [1.807, 2.05) is 0 Å². The lowest BCUT2D eigenvalue weighted by Crippen LogP contribution is -2.27. The van der Waals surface area contributed by atoms with Gasteiger partial charge in [0.25, 0.3) is 0 Å². The Morgan fingerprint density at radius 2 is 1.31 bits per heavy atom. The van der Waals surface area contributed by atoms with Crippen molar-refractivity contribution in [2.45, 2.75) is 83.4 Å². The quantitative estimate of drug-likeness (QED) is 0.512. The van der Waals surface area contributed by atoms with Gasteiger partial charge in [0, 0.05) is 0 Å². The van der Waals surface area contributed by atoms with Crippen LogP contribution in [0.3, 0.4) is 0 Å². The molecule has 146 valence electrons. The van der Waals surface area contributed by atoms with Gasteiger partial charge in [0.15, 0.2) is 0 Å². The molecule has 4 heteroatoms. The summed E-state index contributed by atoms with van der Waals surface area (Å²) in [6, 6.07) is 6.47. The highest BCUT2D eigenvalue weighted by Crippen LogP contribution is 2.42. The molecule has 3 rings (SSSR count). The van der Waals surface area contributed by atoms with Gasteiger partial charge in [-0.05, 0) is 48.3 Å². The number of aryl methyl sites for hydroxylation is 1. The van der Waals surface area contributed by atoms with Crippen LogP contribution < -0.4 is 4.74 Å². The molecule has 0 spiro atoms. The highest BCUT2D eigenvalue weighted by atomic mass is 19.4. The Kier molecular flexibility index (Phi) is 6.88. The first-order valence-corrected chi connectivity index (χ1v) is 10.4. The van der Waals surface area contributed by atoms with Crippen LogP contribution in [0.2, 0.25) is 0 Å². The van der Waals surface area contributed by atoms with Crippen LogP contribution in [0, 0.1) is 17.8 Å². The number of rotatable bonds is 6. The van der Waals surface area contributed by atoms with Crippen LogP contribution >= 0.6 is 0 Å². The second kappa shape index (κ2) is 9.14. The molecular formula is C22H31F3O. The average Bonchev–Trinajstić information content (AvgIpc) is 2.64. The number of alkyl halides is 3. The number of halogens is 3. The molecule has 0 bridgehead atoms. The van der Waals surface area contributed by atoms with Crippen molar-refractivity contribution in [2.75, 3.05) is 0 Å². The van der Waals surface area contributed by atoms with Crippen molar-refractivity contribution >= 4 is 0 Å². The summed E-state index contributed by atoms with van der Waals surface area (Å²) in [4.78, 5) is 0. The summed E-state index contributed by atoms with van der Waals surface area (Å²) in [7, 11) is 0. The largest absolute Gasteiger partial charge is 0.573 e. The molecule has 0 radical (unpaired) electrons. The number of ether oxygens (including phenoxy) is 1. The van der Waals surface area contributed by atoms with Crippen molar-refractivity contribution < 1.29 is 17.9 Å². The molecule has 1 aromatic carbocycles. The predicted molar refractivity (Wildman–Crippen MR) is 98.1 cm³/mol. The zero-order valence-electron chi connectivity index (χ0n) is 15.6. The molecule has 0 amide bonds. The topological polar surface area (TPSA) is 9.23 Å². The first-order chi connectivity index (χ1) is 12.5. The predicted octanol–water partition coefficient (Wildman–Crippen LogP) is 7.29. The molecule has 0 aliphatic heterocycles. The second-order valence-electron chi connectivity index (χ2n) is 8.19. The summed E-state index contributed by atoms with van der Waals surface area (Å²) < 4.78 is 40.8. The van der Waals surface area contributed by atoms with Crippen molar-refractivity contribution in [3.63, 3.8) is 0 Å². The van der Waals surface area contributed by atoms with Crippen LogP contribution in [0.5, 0.6) is 5.75 Å². The van der Waals surface area contributed by atoms with Gasteiger partial charge in [-0.1, -0.05) is 76.3 Å². The van der Waals surface area contributed by atoms with E-state index < -0.39 is 6.36 Å². The smallest absolute Gasteiger partial charge is 0.406 e. The van der Waals surface area contributed by atoms with Gasteiger partial charge >= 0.3 is 6.36 Å². The van der Waals surface area contributed by atoms with Crippen molar-refractivity contribution in [1.29, 1.82) is 0 Å². The van der Waals surface area contributed by atoms with Gasteiger partial charge in [-0.15, -0.1) is 13.2 Å². The molecule has 2 aliphatic carbocycles. The van der Waals surface area contributed by atoms with Crippen LogP contribution in [0.25, 0.3) is 0 Å². The minimum atomic E-state index is -4.62. The second-order valence-corrected chi connectivity index (χ2v) is 8.19. The van der Waals surface area contributed by atoms with E-state index in [-0.39, 0.29) is 5.75 Å². The molecule has 2 fully saturated rings. The third-order valence-corrected chi connectivity index (χ3v) is 6.43. The molecule has 2 saturated carbocycles. The summed E-state index contributed by atoms with van der Waals surface area (Å²) in [5.41, 5.74) is 1.12. The van der Waals surface area contributed by atoms with Gasteiger partial charge in [-0.25, -0.2) is 0 Å². The summed E-state index contributed by atoms with van der Waals surface area (Å²) in [6.07, 6.45) is 11.3. The van der Waals surface area contributed by atoms with E-state index >= 15 is 0 Å². The zero-order valence-corrected chi connectivity index (χ0v) is 15.6. The lowest BCUT2D eigenvalue weighted by molar-refractivity contribution is -0.274. The zero-order chi connectivity index (χ0) is 18.4. The van der Waals surface area contributed by atoms with Crippen molar-refractivity contribution in [1.82, 2.24) is 0 Å². The van der Waals surface area contributed by atoms with E-state index in [0.717, 1.165) is 29.7 Å². The molecule has 1 aromatic rings. The normalized spacial score (nSPS) is 20.5. The first kappa shape index (κ1) is 19.6. The molecule has 0 aromatic heterocycles. The summed E-state index contributed by atoms with van der Waals surface area (Å²) in [5, 5.41) is 0. The van der Waals surface area contributed by atoms with Gasteiger partial charge in [0.05, 0.1) is 0 Å². The number of hydrogen-bond acceptors (Lipinski definition) is 1. The molecule has 0 heterocycles. The number of hydrogen-bond donors (Lipinski definition) is 0. The Balaban J connectivity index is 1.59. The molecule has 0 atom stereocenters. The average molecular weight is 368 g/mol. The molecule has 0 unspecified atom stereocenters. The van der Waals surface area contributed by atoms with E-state index in [1.165, 1.54) is 82.8 Å². The SMILES string of the molecule is FC(F)(F)Oc1ccc(CCC(C2CCCCC2)C2CCCCC2)cc1. The van der Waals surface area contributed by atoms with E-state index in [2.05, 4.69) is 4.74 Å². The summed E-state index contributed by atoms with van der Waals surface area (Å²) >= 11 is 0. The molecule has 0 N–H and O–H groups in total. The van der Waals surface area contributed by atoms with Crippen molar-refractivity contribution in [2.24, 2.45) is 17.8 Å². The Bertz CT molecular complexity index is 507. The third kappa shape index (κ3) is 5.92. The lowest BCUT2D eigenvalue weighted by Gasteiger charge is -2.38. The van der Waals surface area contributed by atoms with Gasteiger partial charge in [-0.2, -0.15) is 0 Å². The summed E-state index contributed by atoms with van der Waals surface area (Å²) in [6.45, 7) is 0. The maximum Gasteiger partial charge on any atom is 0.573 e. The maximum atomic E-state index is 12.3. The summed E-state index contributed by atoms with van der Waals surface area (Å²) in [5.74, 6) is 2.39. The molecule has 2 aliphatic rings. The van der Waals surface area contributed by atoms with E-state index in [9.17, 15) is 13.2 Å². The standard InChI is InChI=1S/C22H31F3O/c23-22(24,25)26-20-14-11-17(12-15-20)13-16-21(18-7-3-1-4-8-18)19-9-5-2-6-10-19/h11-12,14-15,18-19,21H,1-10,13,16H2. The van der Waals surface area contributed by atoms with Gasteiger partial charge < -0.3 is 4.74 Å². The maximum absolute atomic E-state index is 12.3. The van der Waals surface area contributed by atoms with Crippen LogP contribution in [-0.4, -0.2) is 6.36 Å². The molecular weight excluding hydrogens is 337 g/mol. The fraction of sp³-hybridized carbons (Fsp3) is 0.727. The third-order valence-electron chi connectivity index (χ3n) is 6.43. The lowest BCUT2D eigenvalue weighted by atomic mass is 9.68. The fourth-order valence-electron chi connectivity index (χ4n) is 5.17. The van der Waals surface area contributed by atoms with Crippen LogP contribution in [0.15, 0.2) is 24.3 Å². The molecule has 1 nitrogen and oxygen atoms in total. The Labute approximate surface area is 155 Å². The van der Waals surface area contributed by atoms with E-state index in [1.54, 1.807) is 12.1 Å². The first-order valence-electron chi connectivity index (χ1n) is 10.4. The monoisotopic (exact) mass is 368 g/mol. The van der Waals surface area contributed by atoms with Crippen molar-refractivity contribution in [3.8, 4) is 5.75 Å². The van der Waals surface area contributed by atoms with Crippen LogP contribution in [0.4, 0.5) is 13.2 Å². The van der Waals surface area contributed by atoms with Crippen LogP contribution in [0.1, 0.15) is 76.2 Å². The van der Waals surface area contributed by atoms with E-state index in [0.29, 0.717) is 0 Å². The van der Waals surface area contributed by atoms with Gasteiger partial charge in [0.1, 0.15) is 5.75 Å². The minimum Gasteiger partial charge on any atom is -0.406 e. The minimum absolute atomic E-state index is 0.127. The number of benzene rings is 1. The van der Waals surface area contributed by atoms with Gasteiger partial charge in [-0.3, -0.25) is 0 Å². The van der Waals surface area contributed by atoms with E-state index in [4.69, 9.17) is 0 Å².